The molecule has 3 aromatic rings. The summed E-state index contributed by atoms with van der Waals surface area (Å²) in [5.41, 5.74) is 2.65. The van der Waals surface area contributed by atoms with Crippen LogP contribution in [-0.2, 0) is 17.6 Å². The van der Waals surface area contributed by atoms with Crippen molar-refractivity contribution in [1.29, 1.82) is 0 Å². The summed E-state index contributed by atoms with van der Waals surface area (Å²) in [5.74, 6) is -0.277. The second-order valence-electron chi connectivity index (χ2n) is 5.27. The molecule has 0 unspecified atom stereocenters. The van der Waals surface area contributed by atoms with Gasteiger partial charge < -0.3 is 10.3 Å². The molecule has 22 heavy (non-hydrogen) atoms. The van der Waals surface area contributed by atoms with Gasteiger partial charge in [-0.25, -0.2) is 4.39 Å². The Balaban J connectivity index is 1.53. The minimum absolute atomic E-state index is 0.0498. The van der Waals surface area contributed by atoms with Crippen molar-refractivity contribution in [3.05, 3.63) is 71.7 Å². The van der Waals surface area contributed by atoms with Gasteiger partial charge >= 0.3 is 0 Å². The fourth-order valence-electron chi connectivity index (χ4n) is 2.50. The number of aromatic nitrogens is 1. The highest BCUT2D eigenvalue weighted by molar-refractivity contribution is 5.83. The van der Waals surface area contributed by atoms with Crippen LogP contribution in [0.2, 0.25) is 0 Å². The SMILES string of the molecule is O=C(Cc1ccc2[nH]ccc2c1)NCCc1ccccc1F. The number of benzene rings is 2. The Hall–Kier alpha value is -2.62. The van der Waals surface area contributed by atoms with Crippen LogP contribution in [0.5, 0.6) is 0 Å². The zero-order chi connectivity index (χ0) is 15.4. The number of carbonyl (C=O) groups excluding carboxylic acids is 1. The summed E-state index contributed by atoms with van der Waals surface area (Å²) in [6.45, 7) is 0.437. The number of halogens is 1. The average Bonchev–Trinajstić information content (AvgIpc) is 2.97. The number of nitrogens with one attached hydrogen (secondary N) is 2. The molecule has 0 bridgehead atoms. The lowest BCUT2D eigenvalue weighted by molar-refractivity contribution is -0.120. The maximum Gasteiger partial charge on any atom is 0.224 e. The van der Waals surface area contributed by atoms with Crippen LogP contribution in [0.15, 0.2) is 54.7 Å². The molecular formula is C18H17FN2O. The fourth-order valence-corrected chi connectivity index (χ4v) is 2.50. The van der Waals surface area contributed by atoms with Gasteiger partial charge in [-0.05, 0) is 47.2 Å². The Morgan fingerprint density at radius 1 is 1.14 bits per heavy atom. The van der Waals surface area contributed by atoms with E-state index in [0.717, 1.165) is 16.5 Å². The number of carbonyl (C=O) groups is 1. The van der Waals surface area contributed by atoms with Crippen molar-refractivity contribution in [3.63, 3.8) is 0 Å². The molecule has 1 heterocycles. The molecule has 0 spiro atoms. The van der Waals surface area contributed by atoms with Crippen LogP contribution < -0.4 is 5.32 Å². The Morgan fingerprint density at radius 2 is 2.00 bits per heavy atom. The van der Waals surface area contributed by atoms with Gasteiger partial charge in [-0.1, -0.05) is 24.3 Å². The zero-order valence-corrected chi connectivity index (χ0v) is 12.1. The first-order valence-corrected chi connectivity index (χ1v) is 7.28. The largest absolute Gasteiger partial charge is 0.361 e. The smallest absolute Gasteiger partial charge is 0.224 e. The molecule has 2 N–H and O–H groups in total. The van der Waals surface area contributed by atoms with Crippen LogP contribution in [0, 0.1) is 5.82 Å². The molecule has 3 rings (SSSR count). The predicted molar refractivity (Wildman–Crippen MR) is 85.1 cm³/mol. The second-order valence-corrected chi connectivity index (χ2v) is 5.27. The van der Waals surface area contributed by atoms with Crippen LogP contribution >= 0.6 is 0 Å². The van der Waals surface area contributed by atoms with Gasteiger partial charge in [0.1, 0.15) is 5.82 Å². The predicted octanol–water partition coefficient (Wildman–Crippen LogP) is 3.21. The normalized spacial score (nSPS) is 10.8. The Kier molecular flexibility index (Phi) is 4.19. The van der Waals surface area contributed by atoms with Crippen molar-refractivity contribution in [1.82, 2.24) is 10.3 Å². The lowest BCUT2D eigenvalue weighted by Crippen LogP contribution is -2.27. The molecule has 2 aromatic carbocycles. The molecule has 0 saturated heterocycles. The molecule has 0 aliphatic carbocycles. The van der Waals surface area contributed by atoms with Gasteiger partial charge in [0.2, 0.25) is 5.91 Å². The summed E-state index contributed by atoms with van der Waals surface area (Å²) >= 11 is 0. The van der Waals surface area contributed by atoms with Gasteiger partial charge in [-0.2, -0.15) is 0 Å². The van der Waals surface area contributed by atoms with Crippen molar-refractivity contribution < 1.29 is 9.18 Å². The molecular weight excluding hydrogens is 279 g/mol. The summed E-state index contributed by atoms with van der Waals surface area (Å²) in [6, 6.07) is 14.5. The van der Waals surface area contributed by atoms with E-state index in [1.807, 2.05) is 30.5 Å². The highest BCUT2D eigenvalue weighted by Crippen LogP contribution is 2.14. The van der Waals surface area contributed by atoms with E-state index in [2.05, 4.69) is 10.3 Å². The third-order valence-corrected chi connectivity index (χ3v) is 3.66. The summed E-state index contributed by atoms with van der Waals surface area (Å²) < 4.78 is 13.5. The number of H-pyrrole nitrogens is 1. The van der Waals surface area contributed by atoms with Crippen LogP contribution in [-0.4, -0.2) is 17.4 Å². The van der Waals surface area contributed by atoms with Crippen LogP contribution in [0.25, 0.3) is 10.9 Å². The molecule has 1 aromatic heterocycles. The second kappa shape index (κ2) is 6.43. The van der Waals surface area contributed by atoms with Crippen LogP contribution in [0.3, 0.4) is 0 Å². The first-order chi connectivity index (χ1) is 10.7. The third-order valence-electron chi connectivity index (χ3n) is 3.66. The Labute approximate surface area is 128 Å². The van der Waals surface area contributed by atoms with Gasteiger partial charge in [0.25, 0.3) is 0 Å². The number of rotatable bonds is 5. The van der Waals surface area contributed by atoms with Crippen LogP contribution in [0.4, 0.5) is 4.39 Å². The molecule has 0 aliphatic heterocycles. The summed E-state index contributed by atoms with van der Waals surface area (Å²) in [6.07, 6.45) is 2.70. The molecule has 0 radical (unpaired) electrons. The molecule has 0 fully saturated rings. The van der Waals surface area contributed by atoms with Crippen molar-refractivity contribution in [2.24, 2.45) is 0 Å². The van der Waals surface area contributed by atoms with E-state index in [4.69, 9.17) is 0 Å². The number of fused-ring (bicyclic) bond motifs is 1. The first kappa shape index (κ1) is 14.3. The Bertz CT molecular complexity index is 794. The summed E-state index contributed by atoms with van der Waals surface area (Å²) in [7, 11) is 0. The van der Waals surface area contributed by atoms with Gasteiger partial charge in [-0.15, -0.1) is 0 Å². The quantitative estimate of drug-likeness (QED) is 0.746. The van der Waals surface area contributed by atoms with Crippen molar-refractivity contribution in [2.45, 2.75) is 12.8 Å². The van der Waals surface area contributed by atoms with E-state index in [9.17, 15) is 9.18 Å². The third kappa shape index (κ3) is 3.34. The maximum atomic E-state index is 13.5. The van der Waals surface area contributed by atoms with Gasteiger partial charge in [0.15, 0.2) is 0 Å². The minimum atomic E-state index is -0.227. The lowest BCUT2D eigenvalue weighted by Gasteiger charge is -2.06. The number of amides is 1. The van der Waals surface area contributed by atoms with E-state index in [1.54, 1.807) is 18.2 Å². The molecule has 112 valence electrons. The molecule has 0 saturated carbocycles. The highest BCUT2D eigenvalue weighted by Gasteiger charge is 2.05. The maximum absolute atomic E-state index is 13.5. The topological polar surface area (TPSA) is 44.9 Å². The molecule has 0 atom stereocenters. The molecule has 1 amide bonds. The Morgan fingerprint density at radius 3 is 2.86 bits per heavy atom. The monoisotopic (exact) mass is 296 g/mol. The number of aromatic amines is 1. The fraction of sp³-hybridized carbons (Fsp3) is 0.167. The van der Waals surface area contributed by atoms with Crippen molar-refractivity contribution in [3.8, 4) is 0 Å². The number of hydrogen-bond donors (Lipinski definition) is 2. The molecule has 4 heteroatoms. The van der Waals surface area contributed by atoms with Gasteiger partial charge in [0.05, 0.1) is 6.42 Å². The average molecular weight is 296 g/mol. The van der Waals surface area contributed by atoms with Gasteiger partial charge in [-0.3, -0.25) is 4.79 Å². The van der Waals surface area contributed by atoms with Crippen molar-refractivity contribution >= 4 is 16.8 Å². The standard InChI is InChI=1S/C18H17FN2O/c19-16-4-2-1-3-14(16)7-10-21-18(22)12-13-5-6-17-15(11-13)8-9-20-17/h1-6,8-9,11,20H,7,10,12H2,(H,21,22). The van der Waals surface area contributed by atoms with E-state index < -0.39 is 0 Å². The zero-order valence-electron chi connectivity index (χ0n) is 12.1. The van der Waals surface area contributed by atoms with Gasteiger partial charge in [0, 0.05) is 18.3 Å². The number of hydrogen-bond acceptors (Lipinski definition) is 1. The van der Waals surface area contributed by atoms with Crippen molar-refractivity contribution in [2.75, 3.05) is 6.54 Å². The van der Waals surface area contributed by atoms with E-state index >= 15 is 0 Å². The van der Waals surface area contributed by atoms with Crippen LogP contribution in [0.1, 0.15) is 11.1 Å². The lowest BCUT2D eigenvalue weighted by atomic mass is 10.1. The minimum Gasteiger partial charge on any atom is -0.361 e. The summed E-state index contributed by atoms with van der Waals surface area (Å²) in [4.78, 5) is 15.1. The molecule has 0 aliphatic rings. The van der Waals surface area contributed by atoms with E-state index in [-0.39, 0.29) is 11.7 Å². The van der Waals surface area contributed by atoms with E-state index in [0.29, 0.717) is 24.9 Å². The molecule has 3 nitrogen and oxygen atoms in total. The first-order valence-electron chi connectivity index (χ1n) is 7.28. The van der Waals surface area contributed by atoms with E-state index in [1.165, 1.54) is 6.07 Å². The highest BCUT2D eigenvalue weighted by atomic mass is 19.1. The summed E-state index contributed by atoms with van der Waals surface area (Å²) in [5, 5.41) is 3.93.